The number of ether oxygens (including phenoxy) is 3. The summed E-state index contributed by atoms with van der Waals surface area (Å²) in [6.45, 7) is 4.97. The second kappa shape index (κ2) is 10.4. The van der Waals surface area contributed by atoms with Crippen LogP contribution in [-0.2, 0) is 22.7 Å². The first-order valence-corrected chi connectivity index (χ1v) is 8.90. The van der Waals surface area contributed by atoms with Gasteiger partial charge in [0.1, 0.15) is 0 Å². The quantitative estimate of drug-likeness (QED) is 0.680. The van der Waals surface area contributed by atoms with Gasteiger partial charge in [0.15, 0.2) is 11.5 Å². The minimum atomic E-state index is -0.181. The van der Waals surface area contributed by atoms with Gasteiger partial charge in [-0.25, -0.2) is 0 Å². The Kier molecular flexibility index (Phi) is 7.89. The lowest BCUT2D eigenvalue weighted by Gasteiger charge is -2.12. The Bertz CT molecular complexity index is 784. The van der Waals surface area contributed by atoms with Gasteiger partial charge in [0.25, 0.3) is 0 Å². The van der Waals surface area contributed by atoms with E-state index in [1.165, 1.54) is 6.08 Å². The Morgan fingerprint density at radius 3 is 2.44 bits per heavy atom. The fraction of sp³-hybridized carbons (Fsp3) is 0.318. The van der Waals surface area contributed by atoms with E-state index >= 15 is 0 Å². The Morgan fingerprint density at radius 1 is 1.04 bits per heavy atom. The maximum absolute atomic E-state index is 12.2. The van der Waals surface area contributed by atoms with E-state index < -0.39 is 0 Å². The predicted octanol–water partition coefficient (Wildman–Crippen LogP) is 3.96. The zero-order valence-corrected chi connectivity index (χ0v) is 16.3. The summed E-state index contributed by atoms with van der Waals surface area (Å²) in [5.41, 5.74) is 2.89. The van der Waals surface area contributed by atoms with Crippen molar-refractivity contribution in [3.05, 3.63) is 65.2 Å². The molecule has 0 heterocycles. The maximum atomic E-state index is 12.2. The van der Waals surface area contributed by atoms with Crippen LogP contribution in [0, 0.1) is 0 Å². The lowest BCUT2D eigenvalue weighted by Crippen LogP contribution is -2.21. The van der Waals surface area contributed by atoms with Gasteiger partial charge in [-0.3, -0.25) is 4.79 Å². The second-order valence-corrected chi connectivity index (χ2v) is 6.26. The molecule has 0 saturated heterocycles. The van der Waals surface area contributed by atoms with Gasteiger partial charge in [-0.15, -0.1) is 0 Å². The molecule has 27 heavy (non-hydrogen) atoms. The third kappa shape index (κ3) is 6.15. The third-order valence-electron chi connectivity index (χ3n) is 3.99. The number of hydrogen-bond acceptors (Lipinski definition) is 4. The van der Waals surface area contributed by atoms with Gasteiger partial charge in [0, 0.05) is 18.2 Å². The zero-order valence-electron chi connectivity index (χ0n) is 16.3. The lowest BCUT2D eigenvalue weighted by atomic mass is 10.1. The van der Waals surface area contributed by atoms with E-state index in [1.807, 2.05) is 56.3 Å². The van der Waals surface area contributed by atoms with Crippen LogP contribution >= 0.6 is 0 Å². The van der Waals surface area contributed by atoms with E-state index in [1.54, 1.807) is 20.3 Å². The van der Waals surface area contributed by atoms with Crippen LogP contribution in [0.4, 0.5) is 0 Å². The number of rotatable bonds is 9. The summed E-state index contributed by atoms with van der Waals surface area (Å²) in [6.07, 6.45) is 3.36. The zero-order chi connectivity index (χ0) is 19.6. The van der Waals surface area contributed by atoms with Crippen molar-refractivity contribution in [2.75, 3.05) is 14.2 Å². The molecule has 0 unspecified atom stereocenters. The number of nitrogens with one attached hydrogen (secondary N) is 1. The van der Waals surface area contributed by atoms with E-state index in [9.17, 15) is 4.79 Å². The summed E-state index contributed by atoms with van der Waals surface area (Å²) in [6, 6.07) is 13.5. The SMILES string of the molecule is COc1cccc(/C=C/C(=O)NCc2ccccc2COC(C)C)c1OC. The first kappa shape index (κ1) is 20.5. The van der Waals surface area contributed by atoms with E-state index in [0.717, 1.165) is 16.7 Å². The van der Waals surface area contributed by atoms with Crippen LogP contribution in [0.2, 0.25) is 0 Å². The van der Waals surface area contributed by atoms with Crippen molar-refractivity contribution in [3.8, 4) is 11.5 Å². The number of methoxy groups -OCH3 is 2. The van der Waals surface area contributed by atoms with Gasteiger partial charge in [-0.2, -0.15) is 0 Å². The average molecular weight is 369 g/mol. The smallest absolute Gasteiger partial charge is 0.244 e. The minimum Gasteiger partial charge on any atom is -0.493 e. The predicted molar refractivity (Wildman–Crippen MR) is 107 cm³/mol. The summed E-state index contributed by atoms with van der Waals surface area (Å²) in [5.74, 6) is 1.04. The molecule has 2 aromatic rings. The van der Waals surface area contributed by atoms with Crippen LogP contribution < -0.4 is 14.8 Å². The van der Waals surface area contributed by atoms with Gasteiger partial charge in [0.05, 0.1) is 26.9 Å². The first-order chi connectivity index (χ1) is 13.0. The van der Waals surface area contributed by atoms with Gasteiger partial charge >= 0.3 is 0 Å². The van der Waals surface area contributed by atoms with Crippen molar-refractivity contribution < 1.29 is 19.0 Å². The molecule has 0 aliphatic carbocycles. The Morgan fingerprint density at radius 2 is 1.78 bits per heavy atom. The van der Waals surface area contributed by atoms with E-state index in [0.29, 0.717) is 24.7 Å². The highest BCUT2D eigenvalue weighted by atomic mass is 16.5. The number of hydrogen-bond donors (Lipinski definition) is 1. The molecule has 5 nitrogen and oxygen atoms in total. The summed E-state index contributed by atoms with van der Waals surface area (Å²) >= 11 is 0. The normalized spacial score (nSPS) is 11.0. The largest absolute Gasteiger partial charge is 0.493 e. The van der Waals surface area contributed by atoms with Crippen LogP contribution in [-0.4, -0.2) is 26.2 Å². The van der Waals surface area contributed by atoms with Crippen LogP contribution in [0.25, 0.3) is 6.08 Å². The first-order valence-electron chi connectivity index (χ1n) is 8.90. The van der Waals surface area contributed by atoms with Crippen molar-refractivity contribution >= 4 is 12.0 Å². The van der Waals surface area contributed by atoms with E-state index in [2.05, 4.69) is 5.32 Å². The molecule has 2 rings (SSSR count). The van der Waals surface area contributed by atoms with Crippen LogP contribution in [0.3, 0.4) is 0 Å². The molecule has 1 amide bonds. The molecule has 2 aromatic carbocycles. The van der Waals surface area contributed by atoms with Gasteiger partial charge in [-0.1, -0.05) is 36.4 Å². The van der Waals surface area contributed by atoms with E-state index in [4.69, 9.17) is 14.2 Å². The van der Waals surface area contributed by atoms with Gasteiger partial charge in [0.2, 0.25) is 5.91 Å². The van der Waals surface area contributed by atoms with Crippen molar-refractivity contribution in [2.24, 2.45) is 0 Å². The molecule has 5 heteroatoms. The summed E-state index contributed by atoms with van der Waals surface area (Å²) in [7, 11) is 3.16. The molecule has 0 aliphatic rings. The minimum absolute atomic E-state index is 0.161. The number of carbonyl (C=O) groups excluding carboxylic acids is 1. The highest BCUT2D eigenvalue weighted by Gasteiger charge is 2.08. The third-order valence-corrected chi connectivity index (χ3v) is 3.99. The van der Waals surface area contributed by atoms with Gasteiger partial charge < -0.3 is 19.5 Å². The van der Waals surface area contributed by atoms with Crippen molar-refractivity contribution in [2.45, 2.75) is 33.1 Å². The van der Waals surface area contributed by atoms with Crippen molar-refractivity contribution in [1.29, 1.82) is 0 Å². The molecule has 1 N–H and O–H groups in total. The topological polar surface area (TPSA) is 56.8 Å². The summed E-state index contributed by atoms with van der Waals surface area (Å²) in [5, 5.41) is 2.91. The monoisotopic (exact) mass is 369 g/mol. The van der Waals surface area contributed by atoms with Gasteiger partial charge in [-0.05, 0) is 37.1 Å². The van der Waals surface area contributed by atoms with Crippen LogP contribution in [0.5, 0.6) is 11.5 Å². The van der Waals surface area contributed by atoms with E-state index in [-0.39, 0.29) is 12.0 Å². The Balaban J connectivity index is 2.00. The number of amides is 1. The standard InChI is InChI=1S/C22H27NO4/c1-16(2)27-15-19-9-6-5-8-18(19)14-23-21(24)13-12-17-10-7-11-20(25-3)22(17)26-4/h5-13,16H,14-15H2,1-4H3,(H,23,24)/b13-12+. The summed E-state index contributed by atoms with van der Waals surface area (Å²) < 4.78 is 16.3. The molecular weight excluding hydrogens is 342 g/mol. The summed E-state index contributed by atoms with van der Waals surface area (Å²) in [4.78, 5) is 12.2. The molecule has 0 saturated carbocycles. The average Bonchev–Trinajstić information content (AvgIpc) is 2.69. The fourth-order valence-corrected chi connectivity index (χ4v) is 2.58. The maximum Gasteiger partial charge on any atom is 0.244 e. The molecule has 0 aromatic heterocycles. The molecule has 0 fully saturated rings. The number of para-hydroxylation sites is 1. The molecule has 0 spiro atoms. The Labute approximate surface area is 161 Å². The molecule has 0 radical (unpaired) electrons. The lowest BCUT2D eigenvalue weighted by molar-refractivity contribution is -0.116. The highest BCUT2D eigenvalue weighted by Crippen LogP contribution is 2.31. The number of benzene rings is 2. The Hall–Kier alpha value is -2.79. The van der Waals surface area contributed by atoms with Crippen LogP contribution in [0.15, 0.2) is 48.5 Å². The molecule has 0 bridgehead atoms. The molecule has 144 valence electrons. The molecule has 0 atom stereocenters. The van der Waals surface area contributed by atoms with Crippen molar-refractivity contribution in [1.82, 2.24) is 5.32 Å². The second-order valence-electron chi connectivity index (χ2n) is 6.26. The van der Waals surface area contributed by atoms with Crippen molar-refractivity contribution in [3.63, 3.8) is 0 Å². The highest BCUT2D eigenvalue weighted by molar-refractivity contribution is 5.92. The molecular formula is C22H27NO4. The molecule has 0 aliphatic heterocycles. The fourth-order valence-electron chi connectivity index (χ4n) is 2.58. The number of carbonyl (C=O) groups is 1. The van der Waals surface area contributed by atoms with Crippen LogP contribution in [0.1, 0.15) is 30.5 Å².